The van der Waals surface area contributed by atoms with Gasteiger partial charge < -0.3 is 10.3 Å². The van der Waals surface area contributed by atoms with E-state index in [1.165, 1.54) is 15.8 Å². The molecule has 84 valence electrons. The summed E-state index contributed by atoms with van der Waals surface area (Å²) < 4.78 is 1.64. The Bertz CT molecular complexity index is 542. The Morgan fingerprint density at radius 1 is 1.25 bits per heavy atom. The number of hydrogen-bond donors (Lipinski definition) is 1. The van der Waals surface area contributed by atoms with Crippen LogP contribution in [0.2, 0.25) is 0 Å². The van der Waals surface area contributed by atoms with Crippen molar-refractivity contribution in [3.05, 3.63) is 50.6 Å². The second-order valence-electron chi connectivity index (χ2n) is 3.65. The third kappa shape index (κ3) is 2.33. The van der Waals surface area contributed by atoms with Crippen molar-refractivity contribution in [2.24, 2.45) is 0 Å². The number of nitrogen functional groups attached to an aromatic ring is 1. The van der Waals surface area contributed by atoms with Crippen molar-refractivity contribution in [1.29, 1.82) is 0 Å². The fourth-order valence-corrected chi connectivity index (χ4v) is 2.50. The van der Waals surface area contributed by atoms with Gasteiger partial charge in [-0.25, -0.2) is 0 Å². The summed E-state index contributed by atoms with van der Waals surface area (Å²) in [4.78, 5) is 14.1. The average molecular weight is 234 g/mol. The van der Waals surface area contributed by atoms with Gasteiger partial charge in [0.25, 0.3) is 5.56 Å². The molecule has 4 heteroatoms. The highest BCUT2D eigenvalue weighted by Crippen LogP contribution is 2.17. The molecule has 0 unspecified atom stereocenters. The largest absolute Gasteiger partial charge is 0.398 e. The Hall–Kier alpha value is -1.55. The minimum atomic E-state index is -0.0133. The summed E-state index contributed by atoms with van der Waals surface area (Å²) in [6.45, 7) is 2.73. The molecule has 0 aliphatic carbocycles. The Balaban J connectivity index is 2.26. The van der Waals surface area contributed by atoms with Crippen LogP contribution >= 0.6 is 11.3 Å². The highest BCUT2D eigenvalue weighted by molar-refractivity contribution is 7.11. The molecule has 16 heavy (non-hydrogen) atoms. The molecule has 2 heterocycles. The first-order valence-corrected chi connectivity index (χ1v) is 6.04. The molecule has 3 nitrogen and oxygen atoms in total. The van der Waals surface area contributed by atoms with Crippen LogP contribution in [-0.2, 0) is 13.0 Å². The van der Waals surface area contributed by atoms with E-state index in [-0.39, 0.29) is 5.56 Å². The summed E-state index contributed by atoms with van der Waals surface area (Å²) in [5.74, 6) is 0. The zero-order valence-corrected chi connectivity index (χ0v) is 9.96. The van der Waals surface area contributed by atoms with Crippen molar-refractivity contribution in [2.75, 3.05) is 5.73 Å². The third-order valence-electron chi connectivity index (χ3n) is 2.40. The zero-order valence-electron chi connectivity index (χ0n) is 9.14. The predicted molar refractivity (Wildman–Crippen MR) is 67.9 cm³/mol. The van der Waals surface area contributed by atoms with Crippen molar-refractivity contribution in [1.82, 2.24) is 4.57 Å². The molecule has 0 spiro atoms. The lowest BCUT2D eigenvalue weighted by Gasteiger charge is -2.03. The molecule has 0 saturated heterocycles. The molecule has 0 atom stereocenters. The van der Waals surface area contributed by atoms with Gasteiger partial charge in [0, 0.05) is 27.7 Å². The Kier molecular flexibility index (Phi) is 3.10. The molecule has 2 aromatic heterocycles. The molecule has 2 rings (SSSR count). The molecular formula is C12H14N2OS. The van der Waals surface area contributed by atoms with Crippen LogP contribution in [0.25, 0.3) is 0 Å². The van der Waals surface area contributed by atoms with Crippen LogP contribution in [0, 0.1) is 0 Å². The topological polar surface area (TPSA) is 48.0 Å². The van der Waals surface area contributed by atoms with Crippen molar-refractivity contribution < 1.29 is 0 Å². The number of aryl methyl sites for hydroxylation is 1. The molecule has 0 bridgehead atoms. The number of pyridine rings is 1. The lowest BCUT2D eigenvalue weighted by atomic mass is 10.3. The Morgan fingerprint density at radius 2 is 2.00 bits per heavy atom. The van der Waals surface area contributed by atoms with Crippen LogP contribution in [-0.4, -0.2) is 4.57 Å². The maximum absolute atomic E-state index is 11.6. The van der Waals surface area contributed by atoms with Gasteiger partial charge in [-0.15, -0.1) is 11.3 Å². The predicted octanol–water partition coefficient (Wildman–Crippen LogP) is 2.10. The van der Waals surface area contributed by atoms with Gasteiger partial charge in [0.1, 0.15) is 0 Å². The van der Waals surface area contributed by atoms with Gasteiger partial charge in [0.2, 0.25) is 0 Å². The summed E-state index contributed by atoms with van der Waals surface area (Å²) >= 11 is 1.74. The van der Waals surface area contributed by atoms with Crippen LogP contribution in [0.1, 0.15) is 16.7 Å². The monoisotopic (exact) mass is 234 g/mol. The summed E-state index contributed by atoms with van der Waals surface area (Å²) in [5.41, 5.74) is 6.26. The number of aromatic nitrogens is 1. The van der Waals surface area contributed by atoms with Crippen molar-refractivity contribution in [3.8, 4) is 0 Å². The number of anilines is 1. The maximum atomic E-state index is 11.6. The summed E-state index contributed by atoms with van der Waals surface area (Å²) in [6, 6.07) is 7.31. The van der Waals surface area contributed by atoms with Crippen LogP contribution in [0.4, 0.5) is 5.69 Å². The van der Waals surface area contributed by atoms with Crippen molar-refractivity contribution >= 4 is 17.0 Å². The molecule has 0 aromatic carbocycles. The fourth-order valence-electron chi connectivity index (χ4n) is 1.54. The van der Waals surface area contributed by atoms with E-state index in [1.807, 2.05) is 0 Å². The van der Waals surface area contributed by atoms with Gasteiger partial charge >= 0.3 is 0 Å². The lowest BCUT2D eigenvalue weighted by molar-refractivity contribution is 0.772. The van der Waals surface area contributed by atoms with E-state index in [1.54, 1.807) is 28.2 Å². The smallest absolute Gasteiger partial charge is 0.250 e. The van der Waals surface area contributed by atoms with E-state index in [0.717, 1.165) is 6.42 Å². The second-order valence-corrected chi connectivity index (χ2v) is 4.90. The van der Waals surface area contributed by atoms with Gasteiger partial charge in [0.15, 0.2) is 0 Å². The standard InChI is InChI=1S/C12H14N2OS/c1-2-10-4-5-11(16-10)8-14-7-9(13)3-6-12(14)15/h3-7H,2,8,13H2,1H3. The average Bonchev–Trinajstić information content (AvgIpc) is 2.71. The first-order valence-electron chi connectivity index (χ1n) is 5.22. The molecule has 0 amide bonds. The van der Waals surface area contributed by atoms with Crippen molar-refractivity contribution in [2.45, 2.75) is 19.9 Å². The van der Waals surface area contributed by atoms with Gasteiger partial charge in [-0.05, 0) is 24.6 Å². The molecule has 0 radical (unpaired) electrons. The summed E-state index contributed by atoms with van der Waals surface area (Å²) in [5, 5.41) is 0. The lowest BCUT2D eigenvalue weighted by Crippen LogP contribution is -2.18. The molecule has 0 aliphatic rings. The van der Waals surface area contributed by atoms with Gasteiger partial charge in [-0.2, -0.15) is 0 Å². The maximum Gasteiger partial charge on any atom is 0.250 e. The summed E-state index contributed by atoms with van der Waals surface area (Å²) in [6.07, 6.45) is 2.73. The van der Waals surface area contributed by atoms with E-state index >= 15 is 0 Å². The molecular weight excluding hydrogens is 220 g/mol. The van der Waals surface area contributed by atoms with Crippen molar-refractivity contribution in [3.63, 3.8) is 0 Å². The SMILES string of the molecule is CCc1ccc(Cn2cc(N)ccc2=O)s1. The van der Waals surface area contributed by atoms with E-state index in [9.17, 15) is 4.79 Å². The van der Waals surface area contributed by atoms with Gasteiger partial charge in [0.05, 0.1) is 6.54 Å². The minimum Gasteiger partial charge on any atom is -0.398 e. The first-order chi connectivity index (χ1) is 7.69. The number of rotatable bonds is 3. The Morgan fingerprint density at radius 3 is 2.69 bits per heavy atom. The third-order valence-corrected chi connectivity index (χ3v) is 3.61. The van der Waals surface area contributed by atoms with Crippen LogP contribution in [0.15, 0.2) is 35.3 Å². The number of nitrogens with zero attached hydrogens (tertiary/aromatic N) is 1. The molecule has 2 aromatic rings. The van der Waals surface area contributed by atoms with Crippen LogP contribution in [0.3, 0.4) is 0 Å². The number of thiophene rings is 1. The van der Waals surface area contributed by atoms with E-state index < -0.39 is 0 Å². The molecule has 0 fully saturated rings. The zero-order chi connectivity index (χ0) is 11.5. The number of hydrogen-bond acceptors (Lipinski definition) is 3. The molecule has 0 aliphatic heterocycles. The molecule has 0 saturated carbocycles. The van der Waals surface area contributed by atoms with E-state index in [2.05, 4.69) is 19.1 Å². The second kappa shape index (κ2) is 4.53. The fraction of sp³-hybridized carbons (Fsp3) is 0.250. The normalized spacial score (nSPS) is 10.6. The highest BCUT2D eigenvalue weighted by Gasteiger charge is 2.01. The highest BCUT2D eigenvalue weighted by atomic mass is 32.1. The quantitative estimate of drug-likeness (QED) is 0.884. The van der Waals surface area contributed by atoms with Gasteiger partial charge in [-0.3, -0.25) is 4.79 Å². The first kappa shape index (κ1) is 11.0. The minimum absolute atomic E-state index is 0.0133. The van der Waals surface area contributed by atoms with Crippen LogP contribution in [0.5, 0.6) is 0 Å². The summed E-state index contributed by atoms with van der Waals surface area (Å²) in [7, 11) is 0. The van der Waals surface area contributed by atoms with Gasteiger partial charge in [-0.1, -0.05) is 6.92 Å². The Labute approximate surface area is 98.2 Å². The molecule has 2 N–H and O–H groups in total. The number of nitrogens with two attached hydrogens (primary N) is 1. The van der Waals surface area contributed by atoms with E-state index in [0.29, 0.717) is 12.2 Å². The van der Waals surface area contributed by atoms with E-state index in [4.69, 9.17) is 5.73 Å². The van der Waals surface area contributed by atoms with Crippen LogP contribution < -0.4 is 11.3 Å².